The third kappa shape index (κ3) is 7.09. The van der Waals surface area contributed by atoms with Gasteiger partial charge in [-0.25, -0.2) is 0 Å². The first kappa shape index (κ1) is 19.2. The van der Waals surface area contributed by atoms with E-state index in [1.165, 1.54) is 0 Å². The molecule has 0 radical (unpaired) electrons. The summed E-state index contributed by atoms with van der Waals surface area (Å²) < 4.78 is 36.6. The second-order valence-electron chi connectivity index (χ2n) is 5.89. The van der Waals surface area contributed by atoms with Crippen molar-refractivity contribution in [3.63, 3.8) is 0 Å². The van der Waals surface area contributed by atoms with Gasteiger partial charge in [0.05, 0.1) is 12.0 Å². The van der Waals surface area contributed by atoms with Crippen LogP contribution in [0, 0.1) is 0 Å². The first-order valence-electron chi connectivity index (χ1n) is 6.72. The van der Waals surface area contributed by atoms with Gasteiger partial charge in [-0.2, -0.15) is 13.2 Å². The normalized spacial score (nSPS) is 17.3. The molecule has 120 valence electrons. The summed E-state index contributed by atoms with van der Waals surface area (Å²) >= 11 is 0. The number of amides is 1. The monoisotopic (exact) mass is 297 g/mol. The fraction of sp³-hybridized carbons (Fsp3) is 0.923. The van der Waals surface area contributed by atoms with Crippen molar-refractivity contribution in [2.75, 3.05) is 13.6 Å². The number of carbonyl (C=O) groups excluding carboxylic acids is 1. The van der Waals surface area contributed by atoms with Crippen molar-refractivity contribution in [1.29, 1.82) is 0 Å². The van der Waals surface area contributed by atoms with Crippen LogP contribution < -0.4 is 11.1 Å². The van der Waals surface area contributed by atoms with Crippen LogP contribution in [0.3, 0.4) is 0 Å². The number of alkyl halides is 3. The fourth-order valence-corrected chi connectivity index (χ4v) is 2.14. The number of primary amides is 1. The van der Waals surface area contributed by atoms with Crippen LogP contribution >= 0.6 is 0 Å². The minimum absolute atomic E-state index is 0.0557. The number of halogens is 3. The Morgan fingerprint density at radius 2 is 1.80 bits per heavy atom. The van der Waals surface area contributed by atoms with Crippen molar-refractivity contribution in [1.82, 2.24) is 10.2 Å². The Bertz CT molecular complexity index is 320. The maximum Gasteiger partial charge on any atom is 0.390 e. The first-order chi connectivity index (χ1) is 8.87. The Hall–Kier alpha value is -0.820. The molecule has 0 aromatic carbocycles. The van der Waals surface area contributed by atoms with Crippen LogP contribution in [0.1, 0.15) is 40.5 Å². The Labute approximate surface area is 118 Å². The van der Waals surface area contributed by atoms with E-state index in [0.29, 0.717) is 6.42 Å². The number of nitrogens with two attached hydrogens (primary N) is 1. The summed E-state index contributed by atoms with van der Waals surface area (Å²) in [6, 6.07) is -0.138. The van der Waals surface area contributed by atoms with Gasteiger partial charge < -0.3 is 16.0 Å². The summed E-state index contributed by atoms with van der Waals surface area (Å²) in [6.45, 7) is 7.16. The zero-order valence-electron chi connectivity index (χ0n) is 12.8. The van der Waals surface area contributed by atoms with E-state index < -0.39 is 24.0 Å². The zero-order valence-corrected chi connectivity index (χ0v) is 12.8. The average Bonchev–Trinajstić information content (AvgIpc) is 2.23. The molecule has 1 amide bonds. The number of rotatable bonds is 8. The summed E-state index contributed by atoms with van der Waals surface area (Å²) in [7, 11) is 1.62. The number of carbonyl (C=O) groups is 1. The fourth-order valence-electron chi connectivity index (χ4n) is 2.14. The molecular formula is C13H26F3N3O. The highest BCUT2D eigenvalue weighted by atomic mass is 19.4. The second-order valence-corrected chi connectivity index (χ2v) is 5.89. The maximum absolute atomic E-state index is 12.2. The molecule has 0 aliphatic carbocycles. The molecule has 0 aromatic rings. The number of hydrogen-bond acceptors (Lipinski definition) is 3. The number of nitrogens with one attached hydrogen (secondary N) is 1. The van der Waals surface area contributed by atoms with Crippen molar-refractivity contribution >= 4 is 5.91 Å². The number of nitrogens with zero attached hydrogens (tertiary/aromatic N) is 1. The molecule has 0 fully saturated rings. The van der Waals surface area contributed by atoms with Crippen LogP contribution in [-0.4, -0.2) is 48.2 Å². The SMILES string of the molecule is CC(C)NC(C)(CC(C)N(C)CCC(F)(F)F)C(N)=O. The Morgan fingerprint density at radius 1 is 1.30 bits per heavy atom. The molecule has 0 aromatic heterocycles. The van der Waals surface area contributed by atoms with E-state index in [1.807, 2.05) is 13.8 Å². The lowest BCUT2D eigenvalue weighted by atomic mass is 9.91. The zero-order chi connectivity index (χ0) is 16.1. The molecule has 0 bridgehead atoms. The summed E-state index contributed by atoms with van der Waals surface area (Å²) in [5, 5.41) is 3.09. The molecule has 3 N–H and O–H groups in total. The minimum atomic E-state index is -4.17. The highest BCUT2D eigenvalue weighted by molar-refractivity contribution is 5.84. The molecule has 0 heterocycles. The summed E-state index contributed by atoms with van der Waals surface area (Å²) in [4.78, 5) is 13.2. The summed E-state index contributed by atoms with van der Waals surface area (Å²) in [5.41, 5.74) is 4.48. The van der Waals surface area contributed by atoms with Crippen LogP contribution in [0.4, 0.5) is 13.2 Å². The lowest BCUT2D eigenvalue weighted by Gasteiger charge is -2.35. The summed E-state index contributed by atoms with van der Waals surface area (Å²) in [5.74, 6) is -0.498. The predicted molar refractivity (Wildman–Crippen MR) is 73.3 cm³/mol. The molecule has 0 spiro atoms. The molecular weight excluding hydrogens is 271 g/mol. The highest BCUT2D eigenvalue weighted by Crippen LogP contribution is 2.22. The van der Waals surface area contributed by atoms with Crippen LogP contribution in [-0.2, 0) is 4.79 Å². The molecule has 0 saturated carbocycles. The Morgan fingerprint density at radius 3 is 2.15 bits per heavy atom. The molecule has 2 atom stereocenters. The van der Waals surface area contributed by atoms with Crippen LogP contribution in [0.25, 0.3) is 0 Å². The quantitative estimate of drug-likeness (QED) is 0.719. The van der Waals surface area contributed by atoms with Gasteiger partial charge in [-0.05, 0) is 41.2 Å². The molecule has 0 rings (SSSR count). The van der Waals surface area contributed by atoms with Gasteiger partial charge in [-0.15, -0.1) is 0 Å². The van der Waals surface area contributed by atoms with E-state index >= 15 is 0 Å². The van der Waals surface area contributed by atoms with Crippen molar-refractivity contribution in [3.8, 4) is 0 Å². The summed E-state index contributed by atoms with van der Waals surface area (Å²) in [6.07, 6.45) is -4.68. The van der Waals surface area contributed by atoms with Gasteiger partial charge in [0.2, 0.25) is 5.91 Å². The highest BCUT2D eigenvalue weighted by Gasteiger charge is 2.35. The predicted octanol–water partition coefficient (Wildman–Crippen LogP) is 1.89. The van der Waals surface area contributed by atoms with Gasteiger partial charge in [0.15, 0.2) is 0 Å². The van der Waals surface area contributed by atoms with E-state index in [2.05, 4.69) is 5.32 Å². The Balaban J connectivity index is 4.60. The molecule has 0 aliphatic heterocycles. The topological polar surface area (TPSA) is 58.4 Å². The minimum Gasteiger partial charge on any atom is -0.368 e. The third-order valence-corrected chi connectivity index (χ3v) is 3.36. The van der Waals surface area contributed by atoms with Crippen molar-refractivity contribution < 1.29 is 18.0 Å². The van der Waals surface area contributed by atoms with E-state index in [4.69, 9.17) is 5.73 Å². The van der Waals surface area contributed by atoms with Gasteiger partial charge in [0, 0.05) is 18.6 Å². The molecule has 0 aliphatic rings. The Kier molecular flexibility index (Phi) is 6.97. The van der Waals surface area contributed by atoms with E-state index in [9.17, 15) is 18.0 Å². The average molecular weight is 297 g/mol. The van der Waals surface area contributed by atoms with Crippen LogP contribution in [0.5, 0.6) is 0 Å². The van der Waals surface area contributed by atoms with E-state index in [-0.39, 0.29) is 18.6 Å². The first-order valence-corrected chi connectivity index (χ1v) is 6.72. The molecule has 4 nitrogen and oxygen atoms in total. The van der Waals surface area contributed by atoms with E-state index in [0.717, 1.165) is 0 Å². The largest absolute Gasteiger partial charge is 0.390 e. The lowest BCUT2D eigenvalue weighted by molar-refractivity contribution is -0.138. The van der Waals surface area contributed by atoms with Crippen LogP contribution in [0.15, 0.2) is 0 Å². The standard InChI is InChI=1S/C13H26F3N3O/c1-9(2)18-12(4,11(17)20)8-10(3)19(5)7-6-13(14,15)16/h9-10,18H,6-8H2,1-5H3,(H2,17,20). The third-order valence-electron chi connectivity index (χ3n) is 3.36. The number of hydrogen-bond donors (Lipinski definition) is 2. The molecule has 20 heavy (non-hydrogen) atoms. The van der Waals surface area contributed by atoms with Gasteiger partial charge in [0.25, 0.3) is 0 Å². The molecule has 2 unspecified atom stereocenters. The smallest absolute Gasteiger partial charge is 0.368 e. The lowest BCUT2D eigenvalue weighted by Crippen LogP contribution is -2.58. The van der Waals surface area contributed by atoms with Gasteiger partial charge in [0.1, 0.15) is 0 Å². The second kappa shape index (κ2) is 7.26. The van der Waals surface area contributed by atoms with Gasteiger partial charge >= 0.3 is 6.18 Å². The van der Waals surface area contributed by atoms with Gasteiger partial charge in [-0.3, -0.25) is 4.79 Å². The van der Waals surface area contributed by atoms with Gasteiger partial charge in [-0.1, -0.05) is 0 Å². The molecule has 7 heteroatoms. The van der Waals surface area contributed by atoms with Crippen molar-refractivity contribution in [3.05, 3.63) is 0 Å². The van der Waals surface area contributed by atoms with E-state index in [1.54, 1.807) is 25.8 Å². The van der Waals surface area contributed by atoms with Crippen molar-refractivity contribution in [2.24, 2.45) is 5.73 Å². The van der Waals surface area contributed by atoms with Crippen LogP contribution in [0.2, 0.25) is 0 Å². The van der Waals surface area contributed by atoms with Crippen molar-refractivity contribution in [2.45, 2.75) is 64.3 Å². The maximum atomic E-state index is 12.2. The molecule has 0 saturated heterocycles.